The summed E-state index contributed by atoms with van der Waals surface area (Å²) < 4.78 is 51.0. The quantitative estimate of drug-likeness (QED) is 0.679. The number of amides is 1. The summed E-state index contributed by atoms with van der Waals surface area (Å²) in [5.74, 6) is -0.435. The predicted molar refractivity (Wildman–Crippen MR) is 113 cm³/mol. The molecule has 6 nitrogen and oxygen atoms in total. The van der Waals surface area contributed by atoms with E-state index in [0.29, 0.717) is 17.7 Å². The van der Waals surface area contributed by atoms with Gasteiger partial charge in [0, 0.05) is 18.5 Å². The van der Waals surface area contributed by atoms with Gasteiger partial charge in [-0.15, -0.1) is 0 Å². The van der Waals surface area contributed by atoms with Gasteiger partial charge in [-0.05, 0) is 49.9 Å². The van der Waals surface area contributed by atoms with Crippen LogP contribution in [0, 0.1) is 0 Å². The lowest BCUT2D eigenvalue weighted by Gasteiger charge is -2.38. The van der Waals surface area contributed by atoms with E-state index in [9.17, 15) is 21.6 Å². The highest BCUT2D eigenvalue weighted by molar-refractivity contribution is 7.92. The average Bonchev–Trinajstić information content (AvgIpc) is 3.02. The standard InChI is InChI=1S/C22H25NO5S2/c24-22(13-14-29(25,26)19-7-3-1-4-8-19)23-17-11-12-18(23)16-21(15-17)30(27,28)20-9-5-2-6-10-20/h1-10,17-18,21H,11-16H2. The molecule has 8 heteroatoms. The molecule has 2 aliphatic heterocycles. The molecule has 2 aromatic carbocycles. The van der Waals surface area contributed by atoms with Crippen molar-refractivity contribution in [3.8, 4) is 0 Å². The molecule has 2 aliphatic rings. The minimum atomic E-state index is -3.52. The number of carbonyl (C=O) groups is 1. The van der Waals surface area contributed by atoms with Crippen molar-refractivity contribution in [2.75, 3.05) is 5.75 Å². The number of rotatable bonds is 6. The molecule has 2 unspecified atom stereocenters. The largest absolute Gasteiger partial charge is 0.337 e. The predicted octanol–water partition coefficient (Wildman–Crippen LogP) is 2.85. The Balaban J connectivity index is 1.43. The average molecular weight is 448 g/mol. The molecule has 4 rings (SSSR count). The second-order valence-electron chi connectivity index (χ2n) is 8.02. The molecule has 2 atom stereocenters. The van der Waals surface area contributed by atoms with Crippen molar-refractivity contribution in [2.24, 2.45) is 0 Å². The maximum atomic E-state index is 13.0. The van der Waals surface area contributed by atoms with Crippen LogP contribution >= 0.6 is 0 Å². The van der Waals surface area contributed by atoms with Gasteiger partial charge in [0.25, 0.3) is 0 Å². The molecule has 30 heavy (non-hydrogen) atoms. The van der Waals surface area contributed by atoms with Gasteiger partial charge in [-0.3, -0.25) is 4.79 Å². The highest BCUT2D eigenvalue weighted by Gasteiger charge is 2.47. The second kappa shape index (κ2) is 8.15. The first-order valence-corrected chi connectivity index (χ1v) is 13.4. The summed E-state index contributed by atoms with van der Waals surface area (Å²) in [6.45, 7) is 0. The minimum absolute atomic E-state index is 0.0830. The van der Waals surface area contributed by atoms with E-state index >= 15 is 0 Å². The van der Waals surface area contributed by atoms with Crippen LogP contribution < -0.4 is 0 Å². The third-order valence-electron chi connectivity index (χ3n) is 6.18. The molecule has 2 saturated heterocycles. The molecule has 2 heterocycles. The Hall–Kier alpha value is -2.19. The summed E-state index contributed by atoms with van der Waals surface area (Å²) in [5.41, 5.74) is 0. The molecule has 0 spiro atoms. The molecule has 160 valence electrons. The summed E-state index contributed by atoms with van der Waals surface area (Å²) in [5, 5.41) is -0.505. The fraction of sp³-hybridized carbons (Fsp3) is 0.409. The van der Waals surface area contributed by atoms with Crippen LogP contribution in [0.3, 0.4) is 0 Å². The van der Waals surface area contributed by atoms with Crippen LogP contribution in [0.4, 0.5) is 0 Å². The minimum Gasteiger partial charge on any atom is -0.337 e. The van der Waals surface area contributed by atoms with Crippen LogP contribution in [0.2, 0.25) is 0 Å². The SMILES string of the molecule is O=C(CCS(=O)(=O)c1ccccc1)N1C2CCC1CC(S(=O)(=O)c1ccccc1)C2. The van der Waals surface area contributed by atoms with E-state index < -0.39 is 24.9 Å². The highest BCUT2D eigenvalue weighted by Crippen LogP contribution is 2.40. The van der Waals surface area contributed by atoms with Crippen molar-refractivity contribution in [2.45, 2.75) is 59.2 Å². The Morgan fingerprint density at radius 1 is 0.800 bits per heavy atom. The lowest BCUT2D eigenvalue weighted by Crippen LogP contribution is -2.50. The van der Waals surface area contributed by atoms with Gasteiger partial charge in [0.2, 0.25) is 5.91 Å². The van der Waals surface area contributed by atoms with E-state index in [0.717, 1.165) is 12.8 Å². The summed E-state index contributed by atoms with van der Waals surface area (Å²) in [7, 11) is -6.96. The van der Waals surface area contributed by atoms with Crippen molar-refractivity contribution >= 4 is 25.6 Å². The van der Waals surface area contributed by atoms with E-state index in [1.165, 1.54) is 12.1 Å². The number of hydrogen-bond acceptors (Lipinski definition) is 5. The van der Waals surface area contributed by atoms with Gasteiger partial charge in [0.1, 0.15) is 0 Å². The Labute approximate surface area is 177 Å². The normalized spacial score (nSPS) is 24.0. The molecule has 0 aliphatic carbocycles. The summed E-state index contributed by atoms with van der Waals surface area (Å²) >= 11 is 0. The van der Waals surface area contributed by atoms with Gasteiger partial charge < -0.3 is 4.90 Å². The van der Waals surface area contributed by atoms with E-state index in [1.54, 1.807) is 53.4 Å². The molecule has 0 radical (unpaired) electrons. The van der Waals surface area contributed by atoms with Gasteiger partial charge in [-0.25, -0.2) is 16.8 Å². The van der Waals surface area contributed by atoms with E-state index in [1.807, 2.05) is 0 Å². The number of fused-ring (bicyclic) bond motifs is 2. The van der Waals surface area contributed by atoms with Crippen molar-refractivity contribution < 1.29 is 21.6 Å². The van der Waals surface area contributed by atoms with Crippen molar-refractivity contribution in [1.82, 2.24) is 4.90 Å². The van der Waals surface area contributed by atoms with Gasteiger partial charge in [0.15, 0.2) is 19.7 Å². The monoisotopic (exact) mass is 447 g/mol. The molecule has 0 aromatic heterocycles. The smallest absolute Gasteiger partial charge is 0.224 e. The third-order valence-corrected chi connectivity index (χ3v) is 10.1. The van der Waals surface area contributed by atoms with E-state index in [2.05, 4.69) is 0 Å². The zero-order valence-corrected chi connectivity index (χ0v) is 18.2. The first kappa shape index (κ1) is 21.1. The Bertz CT molecular complexity index is 1100. The Morgan fingerprint density at radius 2 is 1.30 bits per heavy atom. The molecule has 1 amide bonds. The summed E-state index contributed by atoms with van der Waals surface area (Å²) in [6.07, 6.45) is 2.27. The van der Waals surface area contributed by atoms with Crippen molar-refractivity contribution in [3.05, 3.63) is 60.7 Å². The van der Waals surface area contributed by atoms with Gasteiger partial charge in [-0.2, -0.15) is 0 Å². The number of benzene rings is 2. The molecule has 2 aromatic rings. The first-order valence-electron chi connectivity index (χ1n) is 10.2. The van der Waals surface area contributed by atoms with Crippen LogP contribution in [0.5, 0.6) is 0 Å². The highest BCUT2D eigenvalue weighted by atomic mass is 32.2. The second-order valence-corrected chi connectivity index (χ2v) is 12.4. The van der Waals surface area contributed by atoms with E-state index in [-0.39, 0.29) is 35.1 Å². The number of piperidine rings is 1. The van der Waals surface area contributed by atoms with Gasteiger partial charge in [0.05, 0.1) is 20.8 Å². The summed E-state index contributed by atoms with van der Waals surface area (Å²) in [6, 6.07) is 16.3. The first-order chi connectivity index (χ1) is 14.3. The Morgan fingerprint density at radius 3 is 1.83 bits per heavy atom. The lowest BCUT2D eigenvalue weighted by atomic mass is 10.0. The maximum absolute atomic E-state index is 13.0. The molecule has 0 saturated carbocycles. The van der Waals surface area contributed by atoms with Crippen LogP contribution in [0.15, 0.2) is 70.5 Å². The molecule has 2 fully saturated rings. The fourth-order valence-corrected chi connectivity index (χ4v) is 7.81. The van der Waals surface area contributed by atoms with E-state index in [4.69, 9.17) is 0 Å². The van der Waals surface area contributed by atoms with Crippen LogP contribution in [0.1, 0.15) is 32.1 Å². The molecule has 2 bridgehead atoms. The Kier molecular flexibility index (Phi) is 5.72. The topological polar surface area (TPSA) is 88.6 Å². The van der Waals surface area contributed by atoms with Crippen LogP contribution in [0.25, 0.3) is 0 Å². The maximum Gasteiger partial charge on any atom is 0.224 e. The number of carbonyl (C=O) groups excluding carboxylic acids is 1. The lowest BCUT2D eigenvalue weighted by molar-refractivity contribution is -0.135. The van der Waals surface area contributed by atoms with Crippen molar-refractivity contribution in [3.63, 3.8) is 0 Å². The zero-order valence-electron chi connectivity index (χ0n) is 16.6. The zero-order chi connectivity index (χ0) is 21.4. The summed E-state index contributed by atoms with van der Waals surface area (Å²) in [4.78, 5) is 15.2. The third kappa shape index (κ3) is 4.03. The van der Waals surface area contributed by atoms with Gasteiger partial charge in [-0.1, -0.05) is 36.4 Å². The number of sulfone groups is 2. The number of hydrogen-bond donors (Lipinski definition) is 0. The van der Waals surface area contributed by atoms with Crippen LogP contribution in [-0.2, 0) is 24.5 Å². The fourth-order valence-electron chi connectivity index (χ4n) is 4.69. The van der Waals surface area contributed by atoms with Crippen molar-refractivity contribution in [1.29, 1.82) is 0 Å². The van der Waals surface area contributed by atoms with Crippen LogP contribution in [-0.4, -0.2) is 50.7 Å². The number of nitrogens with zero attached hydrogens (tertiary/aromatic N) is 1. The molecular weight excluding hydrogens is 422 g/mol. The molecular formula is C22H25NO5S2. The molecule has 0 N–H and O–H groups in total. The van der Waals surface area contributed by atoms with Gasteiger partial charge >= 0.3 is 0 Å².